The van der Waals surface area contributed by atoms with E-state index in [1.165, 1.54) is 24.6 Å². The molecular weight excluding hydrogens is 268 g/mol. The molecule has 1 amide bonds. The summed E-state index contributed by atoms with van der Waals surface area (Å²) in [6.45, 7) is 1.84. The zero-order valence-corrected chi connectivity index (χ0v) is 11.2. The number of fused-ring (bicyclic) bond motifs is 1. The number of amides is 1. The molecule has 0 bridgehead atoms. The molecular formula is C11H12N4O3S. The van der Waals surface area contributed by atoms with Crippen LogP contribution in [0.4, 0.5) is 0 Å². The maximum Gasteiger partial charge on any atom is 0.262 e. The number of carbonyl (C=O) groups excluding carboxylic acids is 1. The minimum absolute atomic E-state index is 0.153. The minimum atomic E-state index is -0.153. The van der Waals surface area contributed by atoms with Crippen LogP contribution in [-0.2, 0) is 16.0 Å². The highest BCUT2D eigenvalue weighted by atomic mass is 32.1. The fraction of sp³-hybridized carbons (Fsp3) is 0.273. The molecule has 0 radical (unpaired) electrons. The molecule has 7 nitrogen and oxygen atoms in total. The summed E-state index contributed by atoms with van der Waals surface area (Å²) in [7, 11) is 1.42. The molecule has 0 aliphatic carbocycles. The standard InChI is InChI=1S/C11H12N4O3S/c1-7-5-19-11-12-4-8(10(17)15(7)11)3-9(18-2)14-13-6-16/h4-6H,3H2,1-2H3,(H,13,16)/b14-9-. The zero-order chi connectivity index (χ0) is 13.8. The monoisotopic (exact) mass is 280 g/mol. The SMILES string of the molecule is CO/C(Cc1cnc2scc(C)n2c1=O)=N\NC=O. The van der Waals surface area contributed by atoms with Gasteiger partial charge < -0.3 is 4.74 Å². The Morgan fingerprint density at radius 2 is 2.47 bits per heavy atom. The summed E-state index contributed by atoms with van der Waals surface area (Å²) >= 11 is 1.41. The lowest BCUT2D eigenvalue weighted by atomic mass is 10.2. The summed E-state index contributed by atoms with van der Waals surface area (Å²) in [6.07, 6.45) is 2.10. The first-order valence-electron chi connectivity index (χ1n) is 5.41. The third kappa shape index (κ3) is 2.63. The quantitative estimate of drug-likeness (QED) is 0.378. The van der Waals surface area contributed by atoms with Crippen molar-refractivity contribution < 1.29 is 9.53 Å². The summed E-state index contributed by atoms with van der Waals surface area (Å²) in [5.41, 5.74) is 3.27. The van der Waals surface area contributed by atoms with E-state index in [-0.39, 0.29) is 17.9 Å². The van der Waals surface area contributed by atoms with Crippen LogP contribution in [0.25, 0.3) is 4.96 Å². The van der Waals surface area contributed by atoms with Crippen molar-refractivity contribution in [1.82, 2.24) is 14.8 Å². The van der Waals surface area contributed by atoms with Gasteiger partial charge in [-0.15, -0.1) is 16.4 Å². The molecule has 19 heavy (non-hydrogen) atoms. The Bertz CT molecular complexity index is 689. The normalized spacial score (nSPS) is 11.6. The Labute approximate surface area is 112 Å². The molecule has 2 aromatic heterocycles. The van der Waals surface area contributed by atoms with Crippen LogP contribution in [0, 0.1) is 6.92 Å². The lowest BCUT2D eigenvalue weighted by Crippen LogP contribution is -2.23. The fourth-order valence-electron chi connectivity index (χ4n) is 1.60. The molecule has 1 N–H and O–H groups in total. The highest BCUT2D eigenvalue weighted by Gasteiger charge is 2.11. The molecule has 100 valence electrons. The predicted octanol–water partition coefficient (Wildman–Crippen LogP) is 0.313. The van der Waals surface area contributed by atoms with Crippen molar-refractivity contribution in [3.8, 4) is 0 Å². The van der Waals surface area contributed by atoms with E-state index in [4.69, 9.17) is 4.74 Å². The first kappa shape index (κ1) is 13.2. The summed E-state index contributed by atoms with van der Waals surface area (Å²) in [5, 5.41) is 5.56. The third-order valence-corrected chi connectivity index (χ3v) is 3.46. The second-order valence-corrected chi connectivity index (χ2v) is 4.55. The van der Waals surface area contributed by atoms with Gasteiger partial charge in [0.25, 0.3) is 5.56 Å². The van der Waals surface area contributed by atoms with Crippen LogP contribution >= 0.6 is 11.3 Å². The highest BCUT2D eigenvalue weighted by Crippen LogP contribution is 2.11. The van der Waals surface area contributed by atoms with E-state index in [9.17, 15) is 9.59 Å². The van der Waals surface area contributed by atoms with E-state index >= 15 is 0 Å². The molecule has 0 aromatic carbocycles. The molecule has 0 spiro atoms. The number of hydrazone groups is 1. The predicted molar refractivity (Wildman–Crippen MR) is 71.4 cm³/mol. The molecule has 0 saturated heterocycles. The van der Waals surface area contributed by atoms with Gasteiger partial charge in [-0.25, -0.2) is 10.4 Å². The van der Waals surface area contributed by atoms with Gasteiger partial charge in [0.15, 0.2) is 4.96 Å². The van der Waals surface area contributed by atoms with E-state index in [2.05, 4.69) is 15.5 Å². The lowest BCUT2D eigenvalue weighted by Gasteiger charge is -2.04. The molecule has 0 fully saturated rings. The van der Waals surface area contributed by atoms with Crippen LogP contribution in [0.15, 0.2) is 21.5 Å². The number of ether oxygens (including phenoxy) is 1. The van der Waals surface area contributed by atoms with Crippen molar-refractivity contribution in [2.75, 3.05) is 7.11 Å². The molecule has 2 aromatic rings. The van der Waals surface area contributed by atoms with Crippen LogP contribution in [0.3, 0.4) is 0 Å². The van der Waals surface area contributed by atoms with Gasteiger partial charge in [0.1, 0.15) is 0 Å². The first-order chi connectivity index (χ1) is 9.17. The second-order valence-electron chi connectivity index (χ2n) is 3.72. The number of nitrogens with one attached hydrogen (secondary N) is 1. The van der Waals surface area contributed by atoms with Crippen molar-refractivity contribution in [2.45, 2.75) is 13.3 Å². The van der Waals surface area contributed by atoms with Crippen molar-refractivity contribution in [3.05, 3.63) is 33.2 Å². The van der Waals surface area contributed by atoms with Crippen LogP contribution < -0.4 is 11.0 Å². The van der Waals surface area contributed by atoms with Crippen molar-refractivity contribution in [2.24, 2.45) is 5.10 Å². The zero-order valence-electron chi connectivity index (χ0n) is 10.4. The van der Waals surface area contributed by atoms with E-state index in [0.717, 1.165) is 5.69 Å². The number of carbonyl (C=O) groups is 1. The van der Waals surface area contributed by atoms with Gasteiger partial charge >= 0.3 is 0 Å². The Balaban J connectivity index is 2.40. The van der Waals surface area contributed by atoms with Gasteiger partial charge in [-0.05, 0) is 6.92 Å². The maximum absolute atomic E-state index is 12.3. The maximum atomic E-state index is 12.3. The summed E-state index contributed by atoms with van der Waals surface area (Å²) in [6, 6.07) is 0. The Morgan fingerprint density at radius 3 is 3.16 bits per heavy atom. The van der Waals surface area contributed by atoms with Gasteiger partial charge in [0, 0.05) is 22.8 Å². The van der Waals surface area contributed by atoms with Gasteiger partial charge in [0.05, 0.1) is 13.5 Å². The molecule has 2 rings (SSSR count). The molecule has 8 heteroatoms. The number of hydrogen-bond acceptors (Lipinski definition) is 6. The van der Waals surface area contributed by atoms with Gasteiger partial charge in [-0.2, -0.15) is 0 Å². The van der Waals surface area contributed by atoms with E-state index in [1.807, 2.05) is 12.3 Å². The fourth-order valence-corrected chi connectivity index (χ4v) is 2.43. The number of methoxy groups -OCH3 is 1. The number of thiazole rings is 1. The summed E-state index contributed by atoms with van der Waals surface area (Å²) in [5.74, 6) is 0.235. The van der Waals surface area contributed by atoms with Gasteiger partial charge in [-0.1, -0.05) is 0 Å². The topological polar surface area (TPSA) is 85.1 Å². The summed E-state index contributed by atoms with van der Waals surface area (Å²) < 4.78 is 6.53. The minimum Gasteiger partial charge on any atom is -0.483 e. The Kier molecular flexibility index (Phi) is 3.91. The van der Waals surface area contributed by atoms with E-state index < -0.39 is 0 Å². The number of aromatic nitrogens is 2. The first-order valence-corrected chi connectivity index (χ1v) is 6.29. The van der Waals surface area contributed by atoms with Crippen LogP contribution in [0.1, 0.15) is 11.3 Å². The highest BCUT2D eigenvalue weighted by molar-refractivity contribution is 7.15. The van der Waals surface area contributed by atoms with Gasteiger partial charge in [-0.3, -0.25) is 14.0 Å². The smallest absolute Gasteiger partial charge is 0.262 e. The average molecular weight is 280 g/mol. The molecule has 0 unspecified atom stereocenters. The molecule has 0 atom stereocenters. The molecule has 0 aliphatic rings. The number of aryl methyl sites for hydroxylation is 1. The molecule has 0 saturated carbocycles. The van der Waals surface area contributed by atoms with Crippen molar-refractivity contribution in [3.63, 3.8) is 0 Å². The number of nitrogens with zero attached hydrogens (tertiary/aromatic N) is 3. The van der Waals surface area contributed by atoms with Crippen molar-refractivity contribution >= 4 is 28.6 Å². The van der Waals surface area contributed by atoms with Crippen LogP contribution in [0.2, 0.25) is 0 Å². The van der Waals surface area contributed by atoms with E-state index in [0.29, 0.717) is 16.9 Å². The van der Waals surface area contributed by atoms with Crippen LogP contribution in [0.5, 0.6) is 0 Å². The average Bonchev–Trinajstić information content (AvgIpc) is 2.79. The van der Waals surface area contributed by atoms with Crippen molar-refractivity contribution in [1.29, 1.82) is 0 Å². The number of hydrogen-bond donors (Lipinski definition) is 1. The van der Waals surface area contributed by atoms with Crippen LogP contribution in [-0.4, -0.2) is 28.8 Å². The molecule has 2 heterocycles. The Morgan fingerprint density at radius 1 is 1.68 bits per heavy atom. The molecule has 0 aliphatic heterocycles. The van der Waals surface area contributed by atoms with E-state index in [1.54, 1.807) is 4.40 Å². The third-order valence-electron chi connectivity index (χ3n) is 2.51. The number of rotatable bonds is 4. The van der Waals surface area contributed by atoms with Gasteiger partial charge in [0.2, 0.25) is 12.3 Å². The largest absolute Gasteiger partial charge is 0.483 e. The Hall–Kier alpha value is -2.22. The second kappa shape index (κ2) is 5.61. The lowest BCUT2D eigenvalue weighted by molar-refractivity contribution is -0.109. The summed E-state index contributed by atoms with van der Waals surface area (Å²) in [4.78, 5) is 27.3.